The lowest BCUT2D eigenvalue weighted by atomic mass is 9.89. The fraction of sp³-hybridized carbons (Fsp3) is 0.368. The Morgan fingerprint density at radius 3 is 3.04 bits per heavy atom. The normalized spacial score (nSPS) is 17.0. The first-order valence-corrected chi connectivity index (χ1v) is 8.49. The van der Waals surface area contributed by atoms with Crippen molar-refractivity contribution < 1.29 is 4.79 Å². The number of hydrogen-bond acceptors (Lipinski definition) is 2. The van der Waals surface area contributed by atoms with E-state index in [4.69, 9.17) is 0 Å². The number of rotatable bonds is 3. The maximum atomic E-state index is 12.5. The van der Waals surface area contributed by atoms with Gasteiger partial charge in [-0.25, -0.2) is 4.98 Å². The highest BCUT2D eigenvalue weighted by Gasteiger charge is 2.26. The van der Waals surface area contributed by atoms with Gasteiger partial charge in [0.15, 0.2) is 0 Å². The van der Waals surface area contributed by atoms with E-state index in [1.54, 1.807) is 0 Å². The fourth-order valence-electron chi connectivity index (χ4n) is 3.62. The number of nitrogens with one attached hydrogen (secondary N) is 3. The van der Waals surface area contributed by atoms with Crippen LogP contribution in [0.4, 0.5) is 0 Å². The Balaban J connectivity index is 1.40. The average Bonchev–Trinajstić information content (AvgIpc) is 3.11. The van der Waals surface area contributed by atoms with Gasteiger partial charge in [-0.15, -0.1) is 0 Å². The lowest BCUT2D eigenvalue weighted by Gasteiger charge is -2.20. The third-order valence-corrected chi connectivity index (χ3v) is 4.82. The summed E-state index contributed by atoms with van der Waals surface area (Å²) in [5, 5.41) is 4.28. The molecular formula is C19H22N4O. The highest BCUT2D eigenvalue weighted by atomic mass is 16.1. The molecule has 5 nitrogen and oxygen atoms in total. The van der Waals surface area contributed by atoms with E-state index in [0.717, 1.165) is 53.2 Å². The minimum absolute atomic E-state index is 0.0376. The van der Waals surface area contributed by atoms with E-state index >= 15 is 0 Å². The number of hydrogen-bond donors (Lipinski definition) is 3. The Morgan fingerprint density at radius 1 is 1.29 bits per heavy atom. The van der Waals surface area contributed by atoms with Crippen LogP contribution in [0, 0.1) is 19.8 Å². The van der Waals surface area contributed by atoms with E-state index in [1.807, 2.05) is 6.92 Å². The molecule has 5 heteroatoms. The lowest BCUT2D eigenvalue weighted by molar-refractivity contribution is -0.125. The van der Waals surface area contributed by atoms with E-state index in [-0.39, 0.29) is 11.8 Å². The maximum absolute atomic E-state index is 12.5. The van der Waals surface area contributed by atoms with Gasteiger partial charge in [0.25, 0.3) is 0 Å². The van der Waals surface area contributed by atoms with Crippen molar-refractivity contribution in [3.63, 3.8) is 0 Å². The summed E-state index contributed by atoms with van der Waals surface area (Å²) in [6.07, 6.45) is 2.52. The molecule has 1 unspecified atom stereocenters. The molecule has 2 heterocycles. The van der Waals surface area contributed by atoms with Crippen molar-refractivity contribution in [2.24, 2.45) is 5.92 Å². The zero-order chi connectivity index (χ0) is 16.7. The van der Waals surface area contributed by atoms with Gasteiger partial charge in [-0.3, -0.25) is 4.79 Å². The molecule has 1 amide bonds. The standard InChI is InChI=1S/C19H22N4O/c1-11-7-15-8-13(3-5-16(15)21-11)10-20-19(24)14-4-6-17-18(9-14)23-12(2)22-17/h3,5,7-8,14,21H,4,6,9-10H2,1-2H3,(H,20,24)(H,22,23). The van der Waals surface area contributed by atoms with Crippen LogP contribution in [0.25, 0.3) is 10.9 Å². The smallest absolute Gasteiger partial charge is 0.223 e. The molecule has 0 saturated heterocycles. The quantitative estimate of drug-likeness (QED) is 0.693. The van der Waals surface area contributed by atoms with Gasteiger partial charge < -0.3 is 15.3 Å². The minimum Gasteiger partial charge on any atom is -0.359 e. The Kier molecular flexibility index (Phi) is 3.63. The minimum atomic E-state index is 0.0376. The van der Waals surface area contributed by atoms with Crippen LogP contribution < -0.4 is 5.32 Å². The summed E-state index contributed by atoms with van der Waals surface area (Å²) >= 11 is 0. The number of benzene rings is 1. The van der Waals surface area contributed by atoms with E-state index in [0.29, 0.717) is 6.54 Å². The fourth-order valence-corrected chi connectivity index (χ4v) is 3.62. The van der Waals surface area contributed by atoms with Crippen LogP contribution in [0.2, 0.25) is 0 Å². The van der Waals surface area contributed by atoms with Crippen molar-refractivity contribution in [2.45, 2.75) is 39.7 Å². The van der Waals surface area contributed by atoms with Crippen molar-refractivity contribution in [3.8, 4) is 0 Å². The van der Waals surface area contributed by atoms with E-state index in [1.165, 1.54) is 5.39 Å². The van der Waals surface area contributed by atoms with E-state index in [2.05, 4.69) is 51.5 Å². The number of carbonyl (C=O) groups excluding carboxylic acids is 1. The molecule has 3 N–H and O–H groups in total. The van der Waals surface area contributed by atoms with Crippen LogP contribution in [0.15, 0.2) is 24.3 Å². The van der Waals surface area contributed by atoms with Crippen LogP contribution in [0.3, 0.4) is 0 Å². The summed E-state index contributed by atoms with van der Waals surface area (Å²) in [5.74, 6) is 1.12. The lowest BCUT2D eigenvalue weighted by Crippen LogP contribution is -2.33. The molecule has 4 rings (SSSR count). The second-order valence-corrected chi connectivity index (χ2v) is 6.78. The summed E-state index contributed by atoms with van der Waals surface area (Å²) < 4.78 is 0. The molecule has 124 valence electrons. The molecular weight excluding hydrogens is 300 g/mol. The van der Waals surface area contributed by atoms with Crippen LogP contribution in [-0.2, 0) is 24.2 Å². The largest absolute Gasteiger partial charge is 0.359 e. The van der Waals surface area contributed by atoms with Crippen LogP contribution >= 0.6 is 0 Å². The van der Waals surface area contributed by atoms with E-state index < -0.39 is 0 Å². The number of aromatic amines is 2. The topological polar surface area (TPSA) is 73.6 Å². The molecule has 1 aromatic carbocycles. The van der Waals surface area contributed by atoms with Crippen molar-refractivity contribution >= 4 is 16.8 Å². The van der Waals surface area contributed by atoms with Gasteiger partial charge in [0.05, 0.1) is 5.69 Å². The van der Waals surface area contributed by atoms with Crippen molar-refractivity contribution in [2.75, 3.05) is 0 Å². The molecule has 1 aliphatic rings. The molecule has 0 spiro atoms. The molecule has 0 bridgehead atoms. The summed E-state index contributed by atoms with van der Waals surface area (Å²) in [6.45, 7) is 4.59. The second-order valence-electron chi connectivity index (χ2n) is 6.78. The summed E-state index contributed by atoms with van der Waals surface area (Å²) in [7, 11) is 0. The van der Waals surface area contributed by atoms with Gasteiger partial charge in [-0.1, -0.05) is 6.07 Å². The van der Waals surface area contributed by atoms with Crippen molar-refractivity contribution in [3.05, 3.63) is 52.7 Å². The molecule has 0 saturated carbocycles. The number of aromatic nitrogens is 3. The molecule has 0 radical (unpaired) electrons. The molecule has 24 heavy (non-hydrogen) atoms. The number of carbonyl (C=O) groups is 1. The Labute approximate surface area is 140 Å². The highest BCUT2D eigenvalue weighted by molar-refractivity contribution is 5.82. The Bertz CT molecular complexity index is 905. The summed E-state index contributed by atoms with van der Waals surface area (Å²) in [6, 6.07) is 8.40. The summed E-state index contributed by atoms with van der Waals surface area (Å²) in [4.78, 5) is 23.6. The zero-order valence-electron chi connectivity index (χ0n) is 14.1. The molecule has 1 atom stereocenters. The van der Waals surface area contributed by atoms with Gasteiger partial charge in [0.1, 0.15) is 5.82 Å². The van der Waals surface area contributed by atoms with Crippen LogP contribution in [0.1, 0.15) is 34.9 Å². The van der Waals surface area contributed by atoms with Crippen molar-refractivity contribution in [1.29, 1.82) is 0 Å². The number of nitrogens with zero attached hydrogens (tertiary/aromatic N) is 1. The first-order chi connectivity index (χ1) is 11.6. The Morgan fingerprint density at radius 2 is 2.17 bits per heavy atom. The van der Waals surface area contributed by atoms with Gasteiger partial charge in [0, 0.05) is 35.8 Å². The molecule has 2 aromatic heterocycles. The third-order valence-electron chi connectivity index (χ3n) is 4.82. The van der Waals surface area contributed by atoms with Crippen molar-refractivity contribution in [1.82, 2.24) is 20.3 Å². The number of fused-ring (bicyclic) bond motifs is 2. The SMILES string of the molecule is Cc1cc2cc(CNC(=O)C3CCc4nc(C)[nH]c4C3)ccc2[nH]1. The monoisotopic (exact) mass is 322 g/mol. The number of imidazole rings is 1. The summed E-state index contributed by atoms with van der Waals surface area (Å²) in [5.41, 5.74) is 5.67. The number of H-pyrrole nitrogens is 2. The predicted octanol–water partition coefficient (Wildman–Crippen LogP) is 2.93. The first-order valence-electron chi connectivity index (χ1n) is 8.49. The van der Waals surface area contributed by atoms with Gasteiger partial charge >= 0.3 is 0 Å². The Hall–Kier alpha value is -2.56. The molecule has 3 aromatic rings. The van der Waals surface area contributed by atoms with Crippen LogP contribution in [0.5, 0.6) is 0 Å². The average molecular weight is 322 g/mol. The third kappa shape index (κ3) is 2.82. The maximum Gasteiger partial charge on any atom is 0.223 e. The van der Waals surface area contributed by atoms with Crippen LogP contribution in [-0.4, -0.2) is 20.9 Å². The van der Waals surface area contributed by atoms with Gasteiger partial charge in [-0.05, 0) is 55.8 Å². The van der Waals surface area contributed by atoms with Gasteiger partial charge in [0.2, 0.25) is 5.91 Å². The van der Waals surface area contributed by atoms with E-state index in [9.17, 15) is 4.79 Å². The molecule has 0 fully saturated rings. The molecule has 0 aliphatic heterocycles. The highest BCUT2D eigenvalue weighted by Crippen LogP contribution is 2.24. The number of amides is 1. The second kappa shape index (κ2) is 5.82. The molecule has 1 aliphatic carbocycles. The first kappa shape index (κ1) is 15.0. The van der Waals surface area contributed by atoms with Gasteiger partial charge in [-0.2, -0.15) is 0 Å². The predicted molar refractivity (Wildman–Crippen MR) is 93.7 cm³/mol. The zero-order valence-corrected chi connectivity index (χ0v) is 14.1. The number of aryl methyl sites for hydroxylation is 3.